The molecule has 5 nitrogen and oxygen atoms in total. The minimum Gasteiger partial charge on any atom is -0.456 e. The Kier molecular flexibility index (Phi) is 8.83. The number of fused-ring (bicyclic) bond motifs is 12. The van der Waals surface area contributed by atoms with Gasteiger partial charge in [-0.15, -0.1) is 0 Å². The van der Waals surface area contributed by atoms with Crippen molar-refractivity contribution in [3.63, 3.8) is 0 Å². The largest absolute Gasteiger partial charge is 0.456 e. The summed E-state index contributed by atoms with van der Waals surface area (Å²) in [4.78, 5) is 21.6. The van der Waals surface area contributed by atoms with Crippen molar-refractivity contribution >= 4 is 76.1 Å². The molecule has 320 valence electrons. The fourth-order valence-electron chi connectivity index (χ4n) is 10.3. The first-order valence-corrected chi connectivity index (χ1v) is 23.3. The van der Waals surface area contributed by atoms with Gasteiger partial charge in [-0.2, -0.15) is 0 Å². The lowest BCUT2D eigenvalue weighted by Crippen LogP contribution is -1.98. The average molecular weight is 879 g/mol. The number of hydrogen-bond acceptors (Lipinski definition) is 5. The highest BCUT2D eigenvalue weighted by Gasteiger charge is 2.19. The van der Waals surface area contributed by atoms with Crippen molar-refractivity contribution in [3.05, 3.63) is 231 Å². The minimum atomic E-state index is 0.605. The average Bonchev–Trinajstić information content (AvgIpc) is 3.80. The highest BCUT2D eigenvalue weighted by atomic mass is 16.3. The molecule has 0 aliphatic carbocycles. The zero-order chi connectivity index (χ0) is 45.4. The molecular weight excluding hydrogens is 841 g/mol. The van der Waals surface area contributed by atoms with Crippen LogP contribution in [0.3, 0.4) is 0 Å². The van der Waals surface area contributed by atoms with E-state index < -0.39 is 0 Å². The topological polar surface area (TPSA) is 64.7 Å². The van der Waals surface area contributed by atoms with Crippen LogP contribution in [-0.2, 0) is 0 Å². The van der Waals surface area contributed by atoms with Crippen molar-refractivity contribution in [2.45, 2.75) is 0 Å². The molecule has 0 aliphatic rings. The van der Waals surface area contributed by atoms with Crippen molar-refractivity contribution in [1.29, 1.82) is 0 Å². The summed E-state index contributed by atoms with van der Waals surface area (Å²) in [7, 11) is 0. The number of benzene rings is 11. The summed E-state index contributed by atoms with van der Waals surface area (Å²) in [5, 5.41) is 11.3. The van der Waals surface area contributed by atoms with Crippen molar-refractivity contribution < 1.29 is 4.42 Å². The van der Waals surface area contributed by atoms with Gasteiger partial charge in [0.1, 0.15) is 11.2 Å². The normalized spacial score (nSPS) is 11.8. The van der Waals surface area contributed by atoms with Crippen LogP contribution in [-0.4, -0.2) is 19.9 Å². The third-order valence-corrected chi connectivity index (χ3v) is 13.7. The van der Waals surface area contributed by atoms with Crippen LogP contribution >= 0.6 is 0 Å². The molecule has 69 heavy (non-hydrogen) atoms. The second-order valence-corrected chi connectivity index (χ2v) is 17.8. The van der Waals surface area contributed by atoms with Gasteiger partial charge in [-0.3, -0.25) is 4.98 Å². The van der Waals surface area contributed by atoms with Crippen molar-refractivity contribution in [2.24, 2.45) is 0 Å². The lowest BCUT2D eigenvalue weighted by molar-refractivity contribution is 0.669. The highest BCUT2D eigenvalue weighted by Crippen LogP contribution is 2.41. The molecule has 14 rings (SSSR count). The molecule has 0 spiro atoms. The third-order valence-electron chi connectivity index (χ3n) is 13.7. The van der Waals surface area contributed by atoms with Gasteiger partial charge in [0, 0.05) is 43.8 Å². The SMILES string of the molecule is c1ccc(-c2ccc3oc4ccc(-c5cc(-c6ccccc6)nc(-c6cc(-c7cnc8c9ccccc9c9ccccc9c8n7)cc(-c7cc8ccccc8c8ccccc78)c6)n5)cc4c3c2)cc1. The fraction of sp³-hybridized carbons (Fsp3) is 0. The van der Waals surface area contributed by atoms with Gasteiger partial charge in [0.05, 0.1) is 34.3 Å². The predicted molar refractivity (Wildman–Crippen MR) is 285 cm³/mol. The van der Waals surface area contributed by atoms with Crippen LogP contribution in [0.25, 0.3) is 143 Å². The van der Waals surface area contributed by atoms with E-state index in [1.165, 1.54) is 21.5 Å². The van der Waals surface area contributed by atoms with E-state index in [0.29, 0.717) is 5.82 Å². The van der Waals surface area contributed by atoms with E-state index in [-0.39, 0.29) is 0 Å². The van der Waals surface area contributed by atoms with E-state index in [1.54, 1.807) is 0 Å². The highest BCUT2D eigenvalue weighted by molar-refractivity contribution is 6.23. The number of aromatic nitrogens is 4. The quantitative estimate of drug-likeness (QED) is 0.156. The molecule has 0 saturated heterocycles. The van der Waals surface area contributed by atoms with Gasteiger partial charge in [0.2, 0.25) is 0 Å². The Hall–Kier alpha value is -9.32. The summed E-state index contributed by atoms with van der Waals surface area (Å²) in [6.45, 7) is 0. The van der Waals surface area contributed by atoms with E-state index in [9.17, 15) is 0 Å². The Labute approximate surface area is 396 Å². The van der Waals surface area contributed by atoms with Crippen molar-refractivity contribution in [1.82, 2.24) is 19.9 Å². The Morgan fingerprint density at radius 3 is 1.51 bits per heavy atom. The summed E-state index contributed by atoms with van der Waals surface area (Å²) >= 11 is 0. The van der Waals surface area contributed by atoms with Crippen LogP contribution in [0.15, 0.2) is 235 Å². The van der Waals surface area contributed by atoms with Crippen LogP contribution in [0.4, 0.5) is 0 Å². The third kappa shape index (κ3) is 6.55. The van der Waals surface area contributed by atoms with Crippen LogP contribution in [0.2, 0.25) is 0 Å². The molecule has 5 heteroatoms. The van der Waals surface area contributed by atoms with Gasteiger partial charge in [0.15, 0.2) is 5.82 Å². The van der Waals surface area contributed by atoms with E-state index in [0.717, 1.165) is 116 Å². The van der Waals surface area contributed by atoms with Gasteiger partial charge in [0.25, 0.3) is 0 Å². The van der Waals surface area contributed by atoms with Crippen molar-refractivity contribution in [3.8, 4) is 67.4 Å². The van der Waals surface area contributed by atoms with Gasteiger partial charge in [-0.1, -0.05) is 164 Å². The summed E-state index contributed by atoms with van der Waals surface area (Å²) in [5.74, 6) is 0.605. The zero-order valence-corrected chi connectivity index (χ0v) is 37.1. The molecule has 0 aliphatic heterocycles. The first-order chi connectivity index (χ1) is 34.2. The molecule has 14 aromatic rings. The molecule has 11 aromatic carbocycles. The predicted octanol–water partition coefficient (Wildman–Crippen LogP) is 16.9. The second-order valence-electron chi connectivity index (χ2n) is 17.8. The smallest absolute Gasteiger partial charge is 0.160 e. The lowest BCUT2D eigenvalue weighted by atomic mass is 9.91. The maximum atomic E-state index is 6.42. The van der Waals surface area contributed by atoms with Crippen LogP contribution in [0.1, 0.15) is 0 Å². The molecule has 3 heterocycles. The maximum Gasteiger partial charge on any atom is 0.160 e. The molecule has 0 fully saturated rings. The second kappa shape index (κ2) is 15.7. The number of hydrogen-bond donors (Lipinski definition) is 0. The standard InChI is InChI=1S/C64H38N4O/c1-3-15-39(16-4-1)41-27-29-60-55(34-41)56-36-43(28-30-61(56)69-60)58-37-57(40-17-5-2-6-18-40)67-64(68-58)46-32-44(54-35-42-19-7-8-20-47(42)48-21-9-10-24-51(48)54)31-45(33-46)59-38-65-62-52-25-13-11-22-49(52)50-23-12-14-26-53(50)63(62)66-59/h1-38H. The summed E-state index contributed by atoms with van der Waals surface area (Å²) in [6.07, 6.45) is 1.92. The summed E-state index contributed by atoms with van der Waals surface area (Å²) < 4.78 is 6.42. The Bertz CT molecular complexity index is 4330. The molecule has 0 atom stereocenters. The Morgan fingerprint density at radius 1 is 0.275 bits per heavy atom. The molecule has 0 radical (unpaired) electrons. The number of nitrogens with zero attached hydrogens (tertiary/aromatic N) is 4. The summed E-state index contributed by atoms with van der Waals surface area (Å²) in [6, 6.07) is 79.0. The first kappa shape index (κ1) is 38.9. The first-order valence-electron chi connectivity index (χ1n) is 23.3. The minimum absolute atomic E-state index is 0.605. The van der Waals surface area contributed by atoms with E-state index in [1.807, 2.05) is 18.3 Å². The van der Waals surface area contributed by atoms with Gasteiger partial charge >= 0.3 is 0 Å². The van der Waals surface area contributed by atoms with E-state index >= 15 is 0 Å². The molecule has 3 aromatic heterocycles. The molecular formula is C64H38N4O. The monoisotopic (exact) mass is 878 g/mol. The van der Waals surface area contributed by atoms with Gasteiger partial charge in [-0.25, -0.2) is 15.0 Å². The molecule has 0 bridgehead atoms. The Morgan fingerprint density at radius 2 is 0.797 bits per heavy atom. The van der Waals surface area contributed by atoms with E-state index in [4.69, 9.17) is 24.4 Å². The van der Waals surface area contributed by atoms with Crippen LogP contribution < -0.4 is 0 Å². The molecule has 0 amide bonds. The molecule has 0 N–H and O–H groups in total. The maximum absolute atomic E-state index is 6.42. The fourth-order valence-corrected chi connectivity index (χ4v) is 10.3. The van der Waals surface area contributed by atoms with E-state index in [2.05, 4.69) is 212 Å². The van der Waals surface area contributed by atoms with Crippen LogP contribution in [0, 0.1) is 0 Å². The number of rotatable bonds is 6. The van der Waals surface area contributed by atoms with Gasteiger partial charge in [-0.05, 0) is 115 Å². The molecule has 0 saturated carbocycles. The Balaban J connectivity index is 1.01. The van der Waals surface area contributed by atoms with Gasteiger partial charge < -0.3 is 4.42 Å². The lowest BCUT2D eigenvalue weighted by Gasteiger charge is -2.15. The van der Waals surface area contributed by atoms with Crippen molar-refractivity contribution in [2.75, 3.05) is 0 Å². The molecule has 0 unspecified atom stereocenters. The zero-order valence-electron chi connectivity index (χ0n) is 37.1. The number of furan rings is 1. The van der Waals surface area contributed by atoms with Crippen LogP contribution in [0.5, 0.6) is 0 Å². The summed E-state index contributed by atoms with van der Waals surface area (Å²) in [5.41, 5.74) is 14.0.